The molecule has 1 fully saturated rings. The number of nitrogens with two attached hydrogens (primary N) is 1. The number of likely N-dealkylation sites (tertiary alicyclic amines) is 1. The first kappa shape index (κ1) is 11.4. The molecular formula is C13H20N2O. The Hall–Kier alpha value is -1.06. The lowest BCUT2D eigenvalue weighted by Crippen LogP contribution is -2.29. The molecule has 1 aliphatic heterocycles. The van der Waals surface area contributed by atoms with Crippen LogP contribution in [0.1, 0.15) is 18.9 Å². The summed E-state index contributed by atoms with van der Waals surface area (Å²) < 4.78 is 0. The molecule has 88 valence electrons. The van der Waals surface area contributed by atoms with Gasteiger partial charge in [0.1, 0.15) is 5.75 Å². The van der Waals surface area contributed by atoms with E-state index in [1.54, 1.807) is 6.07 Å². The van der Waals surface area contributed by atoms with Gasteiger partial charge in [-0.25, -0.2) is 0 Å². The van der Waals surface area contributed by atoms with Crippen molar-refractivity contribution in [2.24, 2.45) is 11.7 Å². The number of benzene rings is 1. The average molecular weight is 220 g/mol. The Morgan fingerprint density at radius 2 is 2.38 bits per heavy atom. The fourth-order valence-electron chi connectivity index (χ4n) is 2.35. The summed E-state index contributed by atoms with van der Waals surface area (Å²) in [7, 11) is 0. The average Bonchev–Trinajstić information content (AvgIpc) is 2.66. The molecule has 3 N–H and O–H groups in total. The maximum Gasteiger partial charge on any atom is 0.115 e. The molecule has 0 aromatic heterocycles. The van der Waals surface area contributed by atoms with Crippen molar-refractivity contribution in [1.82, 2.24) is 4.90 Å². The monoisotopic (exact) mass is 220 g/mol. The van der Waals surface area contributed by atoms with E-state index in [9.17, 15) is 5.11 Å². The minimum atomic E-state index is 0.286. The van der Waals surface area contributed by atoms with Gasteiger partial charge in [0.15, 0.2) is 0 Å². The molecule has 0 saturated carbocycles. The van der Waals surface area contributed by atoms with Crippen LogP contribution in [0.5, 0.6) is 5.75 Å². The Kier molecular flexibility index (Phi) is 3.46. The van der Waals surface area contributed by atoms with Crippen LogP contribution in [0.3, 0.4) is 0 Å². The van der Waals surface area contributed by atoms with Crippen molar-refractivity contribution in [2.45, 2.75) is 25.9 Å². The standard InChI is InChI=1S/C13H20N2O/c1-10(14)12-5-6-15(9-12)8-11-3-2-4-13(16)7-11/h2-4,7,10,12,16H,5-6,8-9,14H2,1H3. The molecule has 1 aromatic carbocycles. The van der Waals surface area contributed by atoms with Crippen LogP contribution in [-0.4, -0.2) is 29.1 Å². The number of rotatable bonds is 3. The topological polar surface area (TPSA) is 49.5 Å². The van der Waals surface area contributed by atoms with Gasteiger partial charge in [-0.2, -0.15) is 0 Å². The first-order valence-electron chi connectivity index (χ1n) is 5.91. The molecule has 0 radical (unpaired) electrons. The molecule has 1 saturated heterocycles. The SMILES string of the molecule is CC(N)C1CCN(Cc2cccc(O)c2)C1. The summed E-state index contributed by atoms with van der Waals surface area (Å²) in [6.07, 6.45) is 1.19. The van der Waals surface area contributed by atoms with Gasteiger partial charge < -0.3 is 10.8 Å². The lowest BCUT2D eigenvalue weighted by atomic mass is 10.0. The number of phenolic OH excluding ortho intramolecular Hbond substituents is 1. The van der Waals surface area contributed by atoms with E-state index in [0.717, 1.165) is 19.6 Å². The molecule has 3 nitrogen and oxygen atoms in total. The van der Waals surface area contributed by atoms with Crippen LogP contribution >= 0.6 is 0 Å². The van der Waals surface area contributed by atoms with Crippen molar-refractivity contribution in [1.29, 1.82) is 0 Å². The molecule has 0 bridgehead atoms. The van der Waals surface area contributed by atoms with E-state index in [-0.39, 0.29) is 6.04 Å². The number of aromatic hydroxyl groups is 1. The van der Waals surface area contributed by atoms with E-state index >= 15 is 0 Å². The van der Waals surface area contributed by atoms with E-state index in [1.165, 1.54) is 12.0 Å². The van der Waals surface area contributed by atoms with Gasteiger partial charge >= 0.3 is 0 Å². The van der Waals surface area contributed by atoms with E-state index < -0.39 is 0 Å². The summed E-state index contributed by atoms with van der Waals surface area (Å²) >= 11 is 0. The second-order valence-corrected chi connectivity index (χ2v) is 4.81. The molecule has 0 aliphatic carbocycles. The van der Waals surface area contributed by atoms with Crippen molar-refractivity contribution in [2.75, 3.05) is 13.1 Å². The van der Waals surface area contributed by atoms with E-state index in [1.807, 2.05) is 12.1 Å². The first-order valence-corrected chi connectivity index (χ1v) is 5.91. The minimum Gasteiger partial charge on any atom is -0.508 e. The Balaban J connectivity index is 1.92. The maximum atomic E-state index is 9.39. The third-order valence-corrected chi connectivity index (χ3v) is 3.37. The molecule has 0 amide bonds. The van der Waals surface area contributed by atoms with Crippen LogP contribution in [0, 0.1) is 5.92 Å². The highest BCUT2D eigenvalue weighted by Crippen LogP contribution is 2.21. The summed E-state index contributed by atoms with van der Waals surface area (Å²) in [5.74, 6) is 0.970. The molecule has 16 heavy (non-hydrogen) atoms. The molecule has 2 unspecified atom stereocenters. The predicted octanol–water partition coefficient (Wildman–Crippen LogP) is 1.56. The number of hydrogen-bond acceptors (Lipinski definition) is 3. The zero-order valence-corrected chi connectivity index (χ0v) is 9.76. The zero-order valence-electron chi connectivity index (χ0n) is 9.76. The molecule has 1 aromatic rings. The van der Waals surface area contributed by atoms with Crippen molar-refractivity contribution < 1.29 is 5.11 Å². The highest BCUT2D eigenvalue weighted by molar-refractivity contribution is 5.27. The molecular weight excluding hydrogens is 200 g/mol. The third kappa shape index (κ3) is 2.74. The summed E-state index contributed by atoms with van der Waals surface area (Å²) in [6.45, 7) is 5.19. The maximum absolute atomic E-state index is 9.39. The van der Waals surface area contributed by atoms with Gasteiger partial charge in [-0.1, -0.05) is 12.1 Å². The molecule has 0 spiro atoms. The van der Waals surface area contributed by atoms with Gasteiger partial charge in [0.05, 0.1) is 0 Å². The predicted molar refractivity (Wildman–Crippen MR) is 65.1 cm³/mol. The lowest BCUT2D eigenvalue weighted by molar-refractivity contribution is 0.308. The van der Waals surface area contributed by atoms with E-state index in [4.69, 9.17) is 5.73 Å². The van der Waals surface area contributed by atoms with Crippen molar-refractivity contribution in [3.05, 3.63) is 29.8 Å². The van der Waals surface area contributed by atoms with Gasteiger partial charge in [0, 0.05) is 19.1 Å². The van der Waals surface area contributed by atoms with Crippen molar-refractivity contribution in [3.63, 3.8) is 0 Å². The molecule has 1 heterocycles. The van der Waals surface area contributed by atoms with Gasteiger partial charge in [0.25, 0.3) is 0 Å². The molecule has 3 heteroatoms. The van der Waals surface area contributed by atoms with Gasteiger partial charge in [0.2, 0.25) is 0 Å². The Morgan fingerprint density at radius 3 is 3.00 bits per heavy atom. The normalized spacial score (nSPS) is 23.5. The lowest BCUT2D eigenvalue weighted by Gasteiger charge is -2.17. The highest BCUT2D eigenvalue weighted by atomic mass is 16.3. The number of nitrogens with zero attached hydrogens (tertiary/aromatic N) is 1. The van der Waals surface area contributed by atoms with Gasteiger partial charge in [-0.15, -0.1) is 0 Å². The smallest absolute Gasteiger partial charge is 0.115 e. The van der Waals surface area contributed by atoms with Gasteiger partial charge in [-0.05, 0) is 43.5 Å². The summed E-state index contributed by atoms with van der Waals surface area (Å²) in [5.41, 5.74) is 7.08. The van der Waals surface area contributed by atoms with Crippen LogP contribution < -0.4 is 5.73 Å². The highest BCUT2D eigenvalue weighted by Gasteiger charge is 2.24. The number of phenols is 1. The number of hydrogen-bond donors (Lipinski definition) is 2. The third-order valence-electron chi connectivity index (χ3n) is 3.37. The van der Waals surface area contributed by atoms with Crippen LogP contribution in [0.15, 0.2) is 24.3 Å². The van der Waals surface area contributed by atoms with Gasteiger partial charge in [-0.3, -0.25) is 4.90 Å². The fraction of sp³-hybridized carbons (Fsp3) is 0.538. The van der Waals surface area contributed by atoms with Crippen molar-refractivity contribution in [3.8, 4) is 5.75 Å². The Morgan fingerprint density at radius 1 is 1.56 bits per heavy atom. The van der Waals surface area contributed by atoms with Crippen LogP contribution in [0.25, 0.3) is 0 Å². The summed E-state index contributed by atoms with van der Waals surface area (Å²) in [5, 5.41) is 9.39. The zero-order chi connectivity index (χ0) is 11.5. The largest absolute Gasteiger partial charge is 0.508 e. The first-order chi connectivity index (χ1) is 7.65. The Bertz CT molecular complexity index is 352. The molecule has 1 aliphatic rings. The van der Waals surface area contributed by atoms with Crippen LogP contribution in [0.4, 0.5) is 0 Å². The fourth-order valence-corrected chi connectivity index (χ4v) is 2.35. The van der Waals surface area contributed by atoms with E-state index in [2.05, 4.69) is 17.9 Å². The second-order valence-electron chi connectivity index (χ2n) is 4.81. The second kappa shape index (κ2) is 4.85. The minimum absolute atomic E-state index is 0.286. The summed E-state index contributed by atoms with van der Waals surface area (Å²) in [4.78, 5) is 2.41. The molecule has 2 atom stereocenters. The summed E-state index contributed by atoms with van der Waals surface area (Å²) in [6, 6.07) is 7.77. The van der Waals surface area contributed by atoms with Crippen molar-refractivity contribution >= 4 is 0 Å². The Labute approximate surface area is 96.9 Å². The van der Waals surface area contributed by atoms with Crippen LogP contribution in [-0.2, 0) is 6.54 Å². The van der Waals surface area contributed by atoms with E-state index in [0.29, 0.717) is 11.7 Å². The molecule has 2 rings (SSSR count). The quantitative estimate of drug-likeness (QED) is 0.812. The van der Waals surface area contributed by atoms with Crippen LogP contribution in [0.2, 0.25) is 0 Å².